The number of hydrogen-bond acceptors (Lipinski definition) is 10. The normalized spacial score (nSPS) is 29.9. The number of ether oxygens (including phenoxy) is 3. The summed E-state index contributed by atoms with van der Waals surface area (Å²) in [5.74, 6) is -0.702. The summed E-state index contributed by atoms with van der Waals surface area (Å²) in [4.78, 5) is 12.6. The van der Waals surface area contributed by atoms with Gasteiger partial charge in [-0.15, -0.1) is 0 Å². The third-order valence-corrected chi connectivity index (χ3v) is 5.63. The fourth-order valence-corrected chi connectivity index (χ4v) is 3.86. The number of rotatable bonds is 4. The van der Waals surface area contributed by atoms with E-state index in [1.54, 1.807) is 18.2 Å². The van der Waals surface area contributed by atoms with Gasteiger partial charge in [0, 0.05) is 18.6 Å². The molecule has 2 aliphatic rings. The van der Waals surface area contributed by atoms with Crippen molar-refractivity contribution in [2.75, 3.05) is 6.61 Å². The summed E-state index contributed by atoms with van der Waals surface area (Å²) >= 11 is 0. The molecule has 6 atom stereocenters. The lowest BCUT2D eigenvalue weighted by Gasteiger charge is -2.41. The highest BCUT2D eigenvalue weighted by atomic mass is 16.7. The van der Waals surface area contributed by atoms with Crippen LogP contribution >= 0.6 is 0 Å². The number of aliphatic hydroxyl groups is 4. The number of esters is 1. The molecule has 2 aliphatic heterocycles. The van der Waals surface area contributed by atoms with Crippen molar-refractivity contribution in [3.63, 3.8) is 0 Å². The molecule has 0 aliphatic carbocycles. The molecule has 2 aromatic rings. The molecule has 4 rings (SSSR count). The van der Waals surface area contributed by atoms with Crippen LogP contribution in [0.2, 0.25) is 0 Å². The smallest absolute Gasteiger partial charge is 0.336 e. The van der Waals surface area contributed by atoms with Gasteiger partial charge in [-0.3, -0.25) is 0 Å². The Morgan fingerprint density at radius 3 is 2.33 bits per heavy atom. The molecule has 6 N–H and O–H groups in total. The first-order chi connectivity index (χ1) is 15.8. The van der Waals surface area contributed by atoms with E-state index in [2.05, 4.69) is 0 Å². The van der Waals surface area contributed by atoms with Gasteiger partial charge in [0.2, 0.25) is 0 Å². The van der Waals surface area contributed by atoms with Crippen LogP contribution in [0, 0.1) is 0 Å². The Kier molecular flexibility index (Phi) is 6.66. The average molecular weight is 460 g/mol. The van der Waals surface area contributed by atoms with Gasteiger partial charge in [0.25, 0.3) is 0 Å². The van der Waals surface area contributed by atoms with Crippen molar-refractivity contribution in [1.82, 2.24) is 0 Å². The summed E-state index contributed by atoms with van der Waals surface area (Å²) in [6.45, 7) is -0.620. The predicted molar refractivity (Wildman–Crippen MR) is 112 cm³/mol. The third-order valence-electron chi connectivity index (χ3n) is 5.63. The van der Waals surface area contributed by atoms with Crippen LogP contribution in [0.15, 0.2) is 48.5 Å². The minimum atomic E-state index is -1.64. The van der Waals surface area contributed by atoms with Crippen LogP contribution < -0.4 is 4.74 Å². The molecule has 0 amide bonds. The van der Waals surface area contributed by atoms with E-state index in [1.165, 1.54) is 30.3 Å². The molecule has 0 aromatic heterocycles. The van der Waals surface area contributed by atoms with Crippen molar-refractivity contribution in [3.8, 4) is 17.2 Å². The lowest BCUT2D eigenvalue weighted by molar-refractivity contribution is -0.306. The lowest BCUT2D eigenvalue weighted by atomic mass is 9.93. The summed E-state index contributed by atoms with van der Waals surface area (Å²) in [7, 11) is 0. The molecule has 33 heavy (non-hydrogen) atoms. The number of carbonyl (C=O) groups is 1. The van der Waals surface area contributed by atoms with E-state index < -0.39 is 49.4 Å². The number of phenols is 2. The molecule has 0 radical (unpaired) electrons. The molecule has 2 aromatic carbocycles. The summed E-state index contributed by atoms with van der Waals surface area (Å²) in [5.41, 5.74) is 1.37. The van der Waals surface area contributed by atoms with E-state index in [1.807, 2.05) is 0 Å². The number of aliphatic hydroxyl groups excluding tert-OH is 4. The first kappa shape index (κ1) is 23.2. The Morgan fingerprint density at radius 1 is 0.939 bits per heavy atom. The Hall–Kier alpha value is -2.99. The topological polar surface area (TPSA) is 166 Å². The van der Waals surface area contributed by atoms with Crippen LogP contribution in [0.4, 0.5) is 0 Å². The number of fused-ring (bicyclic) bond motifs is 1. The predicted octanol–water partition coefficient (Wildman–Crippen LogP) is -0.172. The SMILES string of the molecule is O=C1C=C(c2ccc(O)cc2)[C@@H](OC2OC(CO)C(O)C(O)C2O)Cc2ccc(O)cc2O1. The van der Waals surface area contributed by atoms with E-state index in [4.69, 9.17) is 14.2 Å². The molecule has 10 heteroatoms. The molecular formula is C23H24O10. The second-order valence-electron chi connectivity index (χ2n) is 7.89. The maximum atomic E-state index is 12.6. The van der Waals surface area contributed by atoms with Gasteiger partial charge in [-0.25, -0.2) is 4.79 Å². The minimum Gasteiger partial charge on any atom is -0.508 e. The molecule has 0 bridgehead atoms. The molecule has 5 unspecified atom stereocenters. The average Bonchev–Trinajstić information content (AvgIpc) is 2.78. The number of benzene rings is 2. The fraction of sp³-hybridized carbons (Fsp3) is 0.348. The minimum absolute atomic E-state index is 0.0139. The Labute approximate surface area is 188 Å². The standard InChI is InChI=1S/C23H24O10/c24-10-18-20(28)21(29)22(30)23(33-18)32-17-7-12-3-6-14(26)8-16(12)31-19(27)9-15(17)11-1-4-13(25)5-2-11/h1-6,8-9,17-18,20-26,28-30H,7,10H2/t17-,18?,20?,21?,22?,23?/m0/s1. The summed E-state index contributed by atoms with van der Waals surface area (Å²) in [5, 5.41) is 59.5. The molecule has 2 heterocycles. The van der Waals surface area contributed by atoms with Gasteiger partial charge in [0.1, 0.15) is 41.7 Å². The van der Waals surface area contributed by atoms with Crippen LogP contribution in [0.5, 0.6) is 17.2 Å². The van der Waals surface area contributed by atoms with E-state index in [9.17, 15) is 35.4 Å². The number of hydrogen-bond donors (Lipinski definition) is 6. The number of phenolic OH excluding ortho intramolecular Hbond substituents is 2. The number of carbonyl (C=O) groups excluding carboxylic acids is 1. The van der Waals surface area contributed by atoms with Crippen molar-refractivity contribution in [1.29, 1.82) is 0 Å². The van der Waals surface area contributed by atoms with Crippen molar-refractivity contribution < 1.29 is 49.6 Å². The first-order valence-corrected chi connectivity index (χ1v) is 10.3. The monoisotopic (exact) mass is 460 g/mol. The second-order valence-corrected chi connectivity index (χ2v) is 7.89. The van der Waals surface area contributed by atoms with Crippen LogP contribution in [-0.4, -0.2) is 80.0 Å². The molecular weight excluding hydrogens is 436 g/mol. The Morgan fingerprint density at radius 2 is 1.64 bits per heavy atom. The van der Waals surface area contributed by atoms with Gasteiger partial charge >= 0.3 is 5.97 Å². The van der Waals surface area contributed by atoms with Gasteiger partial charge in [-0.05, 0) is 34.9 Å². The Balaban J connectivity index is 1.73. The van der Waals surface area contributed by atoms with Crippen molar-refractivity contribution >= 4 is 11.5 Å². The molecule has 176 valence electrons. The van der Waals surface area contributed by atoms with E-state index >= 15 is 0 Å². The molecule has 1 fully saturated rings. The summed E-state index contributed by atoms with van der Waals surface area (Å²) < 4.78 is 16.8. The highest BCUT2D eigenvalue weighted by Gasteiger charge is 2.45. The van der Waals surface area contributed by atoms with E-state index in [-0.39, 0.29) is 23.7 Å². The van der Waals surface area contributed by atoms with Gasteiger partial charge in [0.05, 0.1) is 12.7 Å². The highest BCUT2D eigenvalue weighted by molar-refractivity contribution is 5.94. The zero-order valence-electron chi connectivity index (χ0n) is 17.3. The van der Waals surface area contributed by atoms with E-state index in [0.29, 0.717) is 16.7 Å². The van der Waals surface area contributed by atoms with Crippen molar-refractivity contribution in [3.05, 3.63) is 59.7 Å². The molecule has 1 saturated heterocycles. The van der Waals surface area contributed by atoms with Gasteiger partial charge in [-0.1, -0.05) is 18.2 Å². The fourth-order valence-electron chi connectivity index (χ4n) is 3.86. The van der Waals surface area contributed by atoms with Crippen LogP contribution in [0.3, 0.4) is 0 Å². The maximum absolute atomic E-state index is 12.6. The van der Waals surface area contributed by atoms with E-state index in [0.717, 1.165) is 0 Å². The zero-order chi connectivity index (χ0) is 23.7. The second kappa shape index (κ2) is 9.48. The maximum Gasteiger partial charge on any atom is 0.336 e. The highest BCUT2D eigenvalue weighted by Crippen LogP contribution is 2.35. The zero-order valence-corrected chi connectivity index (χ0v) is 17.3. The third kappa shape index (κ3) is 4.86. The first-order valence-electron chi connectivity index (χ1n) is 10.3. The van der Waals surface area contributed by atoms with Crippen LogP contribution in [0.25, 0.3) is 5.57 Å². The van der Waals surface area contributed by atoms with Crippen LogP contribution in [0.1, 0.15) is 11.1 Å². The lowest BCUT2D eigenvalue weighted by Crippen LogP contribution is -2.59. The van der Waals surface area contributed by atoms with Gasteiger partial charge < -0.3 is 44.8 Å². The quantitative estimate of drug-likeness (QED) is 0.266. The Bertz CT molecular complexity index is 1030. The van der Waals surface area contributed by atoms with Gasteiger partial charge in [0.15, 0.2) is 6.29 Å². The molecule has 0 saturated carbocycles. The summed E-state index contributed by atoms with van der Waals surface area (Å²) in [6, 6.07) is 10.3. The number of aromatic hydroxyl groups is 2. The van der Waals surface area contributed by atoms with Crippen molar-refractivity contribution in [2.45, 2.75) is 43.2 Å². The molecule has 10 nitrogen and oxygen atoms in total. The van der Waals surface area contributed by atoms with Crippen LogP contribution in [-0.2, 0) is 20.7 Å². The largest absolute Gasteiger partial charge is 0.508 e. The summed E-state index contributed by atoms with van der Waals surface area (Å²) in [6.07, 6.45) is -7.05. The van der Waals surface area contributed by atoms with Gasteiger partial charge in [-0.2, -0.15) is 0 Å². The van der Waals surface area contributed by atoms with Crippen molar-refractivity contribution in [2.24, 2.45) is 0 Å². The molecule has 0 spiro atoms.